The third-order valence-corrected chi connectivity index (χ3v) is 6.21. The van der Waals surface area contributed by atoms with Crippen LogP contribution in [0.15, 0.2) is 70.7 Å². The molecule has 3 aromatic carbocycles. The molecule has 184 valence electrons. The van der Waals surface area contributed by atoms with Crippen LogP contribution in [0.1, 0.15) is 23.6 Å². The highest BCUT2D eigenvalue weighted by atomic mass is 79.9. The number of hydrogen-bond acceptors (Lipinski definition) is 5. The van der Waals surface area contributed by atoms with Crippen molar-refractivity contribution in [2.24, 2.45) is 0 Å². The third kappa shape index (κ3) is 5.45. The van der Waals surface area contributed by atoms with Gasteiger partial charge >= 0.3 is 6.03 Å². The zero-order chi connectivity index (χ0) is 25.8. The molecule has 1 saturated heterocycles. The van der Waals surface area contributed by atoms with Crippen molar-refractivity contribution in [1.82, 2.24) is 5.32 Å². The molecule has 0 aromatic heterocycles. The van der Waals surface area contributed by atoms with E-state index >= 15 is 0 Å². The van der Waals surface area contributed by atoms with E-state index in [0.29, 0.717) is 34.7 Å². The Labute approximate surface area is 221 Å². The first-order valence-corrected chi connectivity index (χ1v) is 12.3. The summed E-state index contributed by atoms with van der Waals surface area (Å²) in [5.41, 5.74) is 2.58. The van der Waals surface area contributed by atoms with Crippen molar-refractivity contribution in [2.75, 3.05) is 11.5 Å². The van der Waals surface area contributed by atoms with Gasteiger partial charge in [-0.3, -0.25) is 14.9 Å². The number of imide groups is 2. The lowest BCUT2D eigenvalue weighted by Crippen LogP contribution is -2.54. The van der Waals surface area contributed by atoms with Gasteiger partial charge in [0.2, 0.25) is 0 Å². The van der Waals surface area contributed by atoms with Crippen LogP contribution < -0.4 is 19.7 Å². The van der Waals surface area contributed by atoms with E-state index in [-0.39, 0.29) is 16.3 Å². The first kappa shape index (κ1) is 25.5. The Bertz CT molecular complexity index is 1390. The zero-order valence-corrected chi connectivity index (χ0v) is 21.9. The number of aryl methyl sites for hydroxylation is 1. The number of urea groups is 1. The maximum atomic E-state index is 13.2. The largest absolute Gasteiger partial charge is 0.490 e. The number of rotatable bonds is 7. The van der Waals surface area contributed by atoms with Crippen molar-refractivity contribution in [3.05, 3.63) is 92.4 Å². The van der Waals surface area contributed by atoms with Crippen LogP contribution >= 0.6 is 27.5 Å². The van der Waals surface area contributed by atoms with Gasteiger partial charge in [-0.15, -0.1) is 0 Å². The quantitative estimate of drug-likeness (QED) is 0.276. The molecule has 1 aliphatic heterocycles. The van der Waals surface area contributed by atoms with Crippen LogP contribution in [0.5, 0.6) is 11.5 Å². The van der Waals surface area contributed by atoms with E-state index in [2.05, 4.69) is 21.2 Å². The molecule has 0 unspecified atom stereocenters. The molecular formula is C27H22BrClN2O5. The molecule has 0 atom stereocenters. The van der Waals surface area contributed by atoms with Crippen LogP contribution in [-0.4, -0.2) is 24.5 Å². The smallest absolute Gasteiger partial charge is 0.335 e. The van der Waals surface area contributed by atoms with E-state index in [0.717, 1.165) is 16.0 Å². The van der Waals surface area contributed by atoms with Crippen LogP contribution in [-0.2, 0) is 16.2 Å². The molecule has 3 aromatic rings. The minimum atomic E-state index is -0.869. The lowest BCUT2D eigenvalue weighted by atomic mass is 10.1. The van der Waals surface area contributed by atoms with Crippen molar-refractivity contribution in [3.63, 3.8) is 0 Å². The highest BCUT2D eigenvalue weighted by Crippen LogP contribution is 2.38. The highest BCUT2D eigenvalue weighted by Gasteiger charge is 2.37. The SMILES string of the molecule is CCOc1cc(/C=C2\C(=O)NC(=O)N(c3ccccc3Cl)C2=O)cc(Br)c1OCc1cccc(C)c1. The highest BCUT2D eigenvalue weighted by molar-refractivity contribution is 9.10. The van der Waals surface area contributed by atoms with E-state index in [9.17, 15) is 14.4 Å². The van der Waals surface area contributed by atoms with E-state index in [1.54, 1.807) is 30.3 Å². The molecule has 0 bridgehead atoms. The second kappa shape index (κ2) is 11.0. The molecule has 4 amide bonds. The summed E-state index contributed by atoms with van der Waals surface area (Å²) in [6.07, 6.45) is 1.39. The van der Waals surface area contributed by atoms with E-state index in [1.807, 2.05) is 38.1 Å². The molecule has 1 heterocycles. The van der Waals surface area contributed by atoms with Crippen LogP contribution in [0.25, 0.3) is 6.08 Å². The standard InChI is InChI=1S/C27H22BrClN2O5/c1-3-35-23-14-18(13-20(28)24(23)36-15-17-8-6-7-16(2)11-17)12-19-25(32)30-27(34)31(26(19)33)22-10-5-4-9-21(22)29/h4-14H,3,15H2,1-2H3,(H,30,32,34)/b19-12+. The maximum Gasteiger partial charge on any atom is 0.335 e. The number of barbiturate groups is 1. The summed E-state index contributed by atoms with van der Waals surface area (Å²) in [6, 6.07) is 16.9. The maximum absolute atomic E-state index is 13.2. The Balaban J connectivity index is 1.67. The summed E-state index contributed by atoms with van der Waals surface area (Å²) in [5, 5.41) is 2.40. The van der Waals surface area contributed by atoms with Gasteiger partial charge in [-0.2, -0.15) is 0 Å². The van der Waals surface area contributed by atoms with Gasteiger partial charge in [0.05, 0.1) is 21.8 Å². The number of para-hydroxylation sites is 1. The van der Waals surface area contributed by atoms with Gasteiger partial charge < -0.3 is 9.47 Å². The van der Waals surface area contributed by atoms with Crippen LogP contribution in [0, 0.1) is 6.92 Å². The summed E-state index contributed by atoms with van der Waals surface area (Å²) in [6.45, 7) is 4.56. The van der Waals surface area contributed by atoms with E-state index in [4.69, 9.17) is 21.1 Å². The molecule has 4 rings (SSSR count). The number of carbonyl (C=O) groups excluding carboxylic acids is 3. The normalized spacial score (nSPS) is 14.7. The topological polar surface area (TPSA) is 84.9 Å². The van der Waals surface area contributed by atoms with Gasteiger partial charge in [0, 0.05) is 0 Å². The Morgan fingerprint density at radius 2 is 1.81 bits per heavy atom. The monoisotopic (exact) mass is 568 g/mol. The molecule has 1 aliphatic rings. The van der Waals surface area contributed by atoms with Gasteiger partial charge in [0.1, 0.15) is 12.2 Å². The zero-order valence-electron chi connectivity index (χ0n) is 19.5. The Kier molecular flexibility index (Phi) is 7.76. The average molecular weight is 570 g/mol. The molecule has 9 heteroatoms. The number of nitrogens with zero attached hydrogens (tertiary/aromatic N) is 1. The number of nitrogens with one attached hydrogen (secondary N) is 1. The van der Waals surface area contributed by atoms with Gasteiger partial charge in [-0.25, -0.2) is 9.69 Å². The number of hydrogen-bond donors (Lipinski definition) is 1. The summed E-state index contributed by atoms with van der Waals surface area (Å²) < 4.78 is 12.4. The van der Waals surface area contributed by atoms with Crippen molar-refractivity contribution in [3.8, 4) is 11.5 Å². The fraction of sp³-hybridized carbons (Fsp3) is 0.148. The third-order valence-electron chi connectivity index (χ3n) is 5.30. The summed E-state index contributed by atoms with van der Waals surface area (Å²) in [7, 11) is 0. The Morgan fingerprint density at radius 3 is 2.53 bits per heavy atom. The molecule has 0 saturated carbocycles. The minimum absolute atomic E-state index is 0.177. The Morgan fingerprint density at radius 1 is 1.03 bits per heavy atom. The van der Waals surface area contributed by atoms with Crippen molar-refractivity contribution in [2.45, 2.75) is 20.5 Å². The number of anilines is 1. The van der Waals surface area contributed by atoms with E-state index < -0.39 is 17.8 Å². The first-order chi connectivity index (χ1) is 17.3. The number of benzene rings is 3. The summed E-state index contributed by atoms with van der Waals surface area (Å²) >= 11 is 9.71. The minimum Gasteiger partial charge on any atom is -0.490 e. The molecule has 1 N–H and O–H groups in total. The van der Waals surface area contributed by atoms with Gasteiger partial charge in [0.25, 0.3) is 11.8 Å². The lowest BCUT2D eigenvalue weighted by molar-refractivity contribution is -0.122. The lowest BCUT2D eigenvalue weighted by Gasteiger charge is -2.27. The number of carbonyl (C=O) groups is 3. The second-order valence-corrected chi connectivity index (χ2v) is 9.21. The number of amides is 4. The molecule has 0 spiro atoms. The number of ether oxygens (including phenoxy) is 2. The van der Waals surface area contributed by atoms with Gasteiger partial charge in [0.15, 0.2) is 11.5 Å². The number of halogens is 2. The van der Waals surface area contributed by atoms with Crippen LogP contribution in [0.3, 0.4) is 0 Å². The van der Waals surface area contributed by atoms with Gasteiger partial charge in [-0.05, 0) is 71.2 Å². The summed E-state index contributed by atoms with van der Waals surface area (Å²) in [4.78, 5) is 39.1. The predicted octanol–water partition coefficient (Wildman–Crippen LogP) is 6.06. The molecule has 36 heavy (non-hydrogen) atoms. The fourth-order valence-electron chi connectivity index (χ4n) is 3.71. The molecule has 7 nitrogen and oxygen atoms in total. The van der Waals surface area contributed by atoms with Gasteiger partial charge in [-0.1, -0.05) is 53.6 Å². The predicted molar refractivity (Wildman–Crippen MR) is 141 cm³/mol. The average Bonchev–Trinajstić information content (AvgIpc) is 2.82. The van der Waals surface area contributed by atoms with E-state index in [1.165, 1.54) is 12.1 Å². The molecule has 1 fully saturated rings. The molecular weight excluding hydrogens is 548 g/mol. The molecule has 0 radical (unpaired) electrons. The summed E-state index contributed by atoms with van der Waals surface area (Å²) in [5.74, 6) is -0.658. The van der Waals surface area contributed by atoms with Crippen molar-refractivity contribution < 1.29 is 23.9 Å². The van der Waals surface area contributed by atoms with Crippen molar-refractivity contribution in [1.29, 1.82) is 0 Å². The van der Waals surface area contributed by atoms with Crippen molar-refractivity contribution >= 4 is 57.1 Å². The van der Waals surface area contributed by atoms with Crippen LogP contribution in [0.2, 0.25) is 5.02 Å². The van der Waals surface area contributed by atoms with Crippen LogP contribution in [0.4, 0.5) is 10.5 Å². The molecule has 0 aliphatic carbocycles. The second-order valence-electron chi connectivity index (χ2n) is 7.95. The fourth-order valence-corrected chi connectivity index (χ4v) is 4.50. The first-order valence-electron chi connectivity index (χ1n) is 11.1. The Hall–Kier alpha value is -3.62.